The molecule has 0 bridgehead atoms. The molecular formula is C16H27ClN4O4S. The van der Waals surface area contributed by atoms with Gasteiger partial charge in [0.2, 0.25) is 10.0 Å². The summed E-state index contributed by atoms with van der Waals surface area (Å²) < 4.78 is 31.9. The van der Waals surface area contributed by atoms with Crippen molar-refractivity contribution < 1.29 is 17.9 Å². The maximum Gasteiger partial charge on any atom is 0.270 e. The molecule has 10 heteroatoms. The smallest absolute Gasteiger partial charge is 0.270 e. The van der Waals surface area contributed by atoms with Crippen molar-refractivity contribution in [1.29, 1.82) is 0 Å². The van der Waals surface area contributed by atoms with Crippen LogP contribution in [-0.4, -0.2) is 73.9 Å². The highest BCUT2D eigenvalue weighted by atomic mass is 35.5. The van der Waals surface area contributed by atoms with Crippen LogP contribution in [0.5, 0.6) is 0 Å². The number of hydrogen-bond acceptors (Lipinski definition) is 5. The molecule has 1 aromatic rings. The van der Waals surface area contributed by atoms with Gasteiger partial charge in [-0.15, -0.1) is 12.4 Å². The standard InChI is InChI=1S/C16H26N4O4S.ClH/c1-12-2-3-20(13(8-12)10-17)16(21)15-9-14(11-18-15)25(22,23)19-4-6-24-7-5-19;/h9,11-13,18H,2-8,10,17H2,1H3;1H. The van der Waals surface area contributed by atoms with Crippen LogP contribution in [0.25, 0.3) is 0 Å². The topological polar surface area (TPSA) is 109 Å². The van der Waals surface area contributed by atoms with E-state index in [1.807, 2.05) is 0 Å². The molecule has 0 spiro atoms. The van der Waals surface area contributed by atoms with Crippen LogP contribution in [0.2, 0.25) is 0 Å². The van der Waals surface area contributed by atoms with E-state index >= 15 is 0 Å². The molecular weight excluding hydrogens is 380 g/mol. The number of nitrogens with two attached hydrogens (primary N) is 1. The minimum absolute atomic E-state index is 0. The van der Waals surface area contributed by atoms with E-state index in [1.165, 1.54) is 16.6 Å². The van der Waals surface area contributed by atoms with Crippen LogP contribution in [0, 0.1) is 5.92 Å². The van der Waals surface area contributed by atoms with Crippen LogP contribution in [0.4, 0.5) is 0 Å². The lowest BCUT2D eigenvalue weighted by Crippen LogP contribution is -2.49. The fraction of sp³-hybridized carbons (Fsp3) is 0.688. The van der Waals surface area contributed by atoms with Gasteiger partial charge in [0.15, 0.2) is 0 Å². The molecule has 2 aliphatic rings. The number of piperidine rings is 1. The van der Waals surface area contributed by atoms with Crippen LogP contribution < -0.4 is 5.73 Å². The first-order valence-corrected chi connectivity index (χ1v) is 10.1. The molecule has 0 radical (unpaired) electrons. The number of carbonyl (C=O) groups is 1. The number of aromatic nitrogens is 1. The number of H-pyrrole nitrogens is 1. The third-order valence-electron chi connectivity index (χ3n) is 5.01. The molecule has 148 valence electrons. The first kappa shape index (κ1) is 21.2. The fourth-order valence-corrected chi connectivity index (χ4v) is 4.88. The summed E-state index contributed by atoms with van der Waals surface area (Å²) in [5, 5.41) is 0. The van der Waals surface area contributed by atoms with Gasteiger partial charge in [-0.2, -0.15) is 4.31 Å². The molecule has 3 N–H and O–H groups in total. The number of likely N-dealkylation sites (tertiary alicyclic amines) is 1. The maximum atomic E-state index is 12.8. The highest BCUT2D eigenvalue weighted by Gasteiger charge is 2.32. The average molecular weight is 407 g/mol. The number of hydrogen-bond donors (Lipinski definition) is 2. The van der Waals surface area contributed by atoms with Crippen molar-refractivity contribution in [1.82, 2.24) is 14.2 Å². The van der Waals surface area contributed by atoms with Gasteiger partial charge in [0.25, 0.3) is 5.91 Å². The highest BCUT2D eigenvalue weighted by molar-refractivity contribution is 7.89. The molecule has 1 aromatic heterocycles. The summed E-state index contributed by atoms with van der Waals surface area (Å²) in [7, 11) is -3.61. The number of nitrogens with zero attached hydrogens (tertiary/aromatic N) is 2. The lowest BCUT2D eigenvalue weighted by Gasteiger charge is -2.37. The number of rotatable bonds is 4. The lowest BCUT2D eigenvalue weighted by molar-refractivity contribution is 0.0568. The Morgan fingerprint density at radius 2 is 2.04 bits per heavy atom. The molecule has 0 saturated carbocycles. The van der Waals surface area contributed by atoms with Crippen molar-refractivity contribution in [3.63, 3.8) is 0 Å². The van der Waals surface area contributed by atoms with E-state index in [0.29, 0.717) is 51.0 Å². The number of halogens is 1. The Morgan fingerprint density at radius 1 is 1.35 bits per heavy atom. The van der Waals surface area contributed by atoms with Crippen molar-refractivity contribution in [3.05, 3.63) is 18.0 Å². The Kier molecular flexibility index (Phi) is 7.09. The van der Waals surface area contributed by atoms with Gasteiger partial charge in [0.1, 0.15) is 10.6 Å². The van der Waals surface area contributed by atoms with Gasteiger partial charge in [0, 0.05) is 38.4 Å². The summed E-state index contributed by atoms with van der Waals surface area (Å²) in [6.07, 6.45) is 3.20. The SMILES string of the molecule is CC1CCN(C(=O)c2cc(S(=O)(=O)N3CCOCC3)c[nH]2)C(CN)C1.Cl. The van der Waals surface area contributed by atoms with Gasteiger partial charge in [-0.1, -0.05) is 6.92 Å². The minimum Gasteiger partial charge on any atom is -0.379 e. The summed E-state index contributed by atoms with van der Waals surface area (Å²) in [4.78, 5) is 17.5. The van der Waals surface area contributed by atoms with Crippen LogP contribution in [-0.2, 0) is 14.8 Å². The van der Waals surface area contributed by atoms with E-state index in [-0.39, 0.29) is 29.3 Å². The maximum absolute atomic E-state index is 12.8. The number of ether oxygens (including phenoxy) is 1. The highest BCUT2D eigenvalue weighted by Crippen LogP contribution is 2.25. The van der Waals surface area contributed by atoms with Crippen molar-refractivity contribution in [3.8, 4) is 0 Å². The second-order valence-corrected chi connectivity index (χ2v) is 8.72. The number of aromatic amines is 1. The zero-order valence-corrected chi connectivity index (χ0v) is 16.5. The molecule has 2 aliphatic heterocycles. The Morgan fingerprint density at radius 3 is 2.69 bits per heavy atom. The van der Waals surface area contributed by atoms with Crippen molar-refractivity contribution in [2.75, 3.05) is 39.4 Å². The van der Waals surface area contributed by atoms with E-state index in [2.05, 4.69) is 11.9 Å². The zero-order chi connectivity index (χ0) is 18.0. The quantitative estimate of drug-likeness (QED) is 0.763. The van der Waals surface area contributed by atoms with Crippen LogP contribution in [0.15, 0.2) is 17.2 Å². The molecule has 8 nitrogen and oxygen atoms in total. The van der Waals surface area contributed by atoms with Gasteiger partial charge >= 0.3 is 0 Å². The van der Waals surface area contributed by atoms with Crippen molar-refractivity contribution >= 4 is 28.3 Å². The largest absolute Gasteiger partial charge is 0.379 e. The van der Waals surface area contributed by atoms with E-state index < -0.39 is 10.0 Å². The van der Waals surface area contributed by atoms with E-state index in [4.69, 9.17) is 10.5 Å². The van der Waals surface area contributed by atoms with Crippen LogP contribution >= 0.6 is 12.4 Å². The minimum atomic E-state index is -3.61. The second-order valence-electron chi connectivity index (χ2n) is 6.78. The molecule has 26 heavy (non-hydrogen) atoms. The Labute approximate surface area is 160 Å². The van der Waals surface area contributed by atoms with E-state index in [0.717, 1.165) is 12.8 Å². The Bertz CT molecular complexity index is 718. The number of morpholine rings is 1. The number of nitrogens with one attached hydrogen (secondary N) is 1. The average Bonchev–Trinajstić information content (AvgIpc) is 3.12. The molecule has 0 aliphatic carbocycles. The third kappa shape index (κ3) is 4.23. The van der Waals surface area contributed by atoms with Crippen LogP contribution in [0.1, 0.15) is 30.3 Å². The summed E-state index contributed by atoms with van der Waals surface area (Å²) in [5.41, 5.74) is 6.12. The fourth-order valence-electron chi connectivity index (χ4n) is 3.48. The van der Waals surface area contributed by atoms with Crippen molar-refractivity contribution in [2.45, 2.75) is 30.7 Å². The molecule has 3 heterocycles. The lowest BCUT2D eigenvalue weighted by atomic mass is 9.92. The monoisotopic (exact) mass is 406 g/mol. The first-order chi connectivity index (χ1) is 11.9. The predicted molar refractivity (Wildman–Crippen MR) is 99.9 cm³/mol. The van der Waals surface area contributed by atoms with E-state index in [9.17, 15) is 13.2 Å². The number of sulfonamides is 1. The molecule has 2 fully saturated rings. The van der Waals surface area contributed by atoms with Gasteiger partial charge in [0.05, 0.1) is 13.2 Å². The summed E-state index contributed by atoms with van der Waals surface area (Å²) in [6.45, 7) is 4.65. The summed E-state index contributed by atoms with van der Waals surface area (Å²) in [5.74, 6) is 0.351. The Hall–Kier alpha value is -1.13. The summed E-state index contributed by atoms with van der Waals surface area (Å²) >= 11 is 0. The van der Waals surface area contributed by atoms with Crippen LogP contribution in [0.3, 0.4) is 0 Å². The van der Waals surface area contributed by atoms with Gasteiger partial charge in [-0.05, 0) is 24.8 Å². The van der Waals surface area contributed by atoms with Gasteiger partial charge in [-0.3, -0.25) is 4.79 Å². The van der Waals surface area contributed by atoms with E-state index in [1.54, 1.807) is 4.90 Å². The molecule has 2 saturated heterocycles. The van der Waals surface area contributed by atoms with Gasteiger partial charge in [-0.25, -0.2) is 8.42 Å². The zero-order valence-electron chi connectivity index (χ0n) is 14.9. The number of amides is 1. The molecule has 1 amide bonds. The van der Waals surface area contributed by atoms with Gasteiger partial charge < -0.3 is 20.4 Å². The molecule has 3 rings (SSSR count). The molecule has 2 atom stereocenters. The third-order valence-corrected chi connectivity index (χ3v) is 6.88. The Balaban J connectivity index is 0.00000243. The molecule has 0 aromatic carbocycles. The van der Waals surface area contributed by atoms with Crippen molar-refractivity contribution in [2.24, 2.45) is 11.7 Å². The number of carbonyl (C=O) groups excluding carboxylic acids is 1. The predicted octanol–water partition coefficient (Wildman–Crippen LogP) is 0.657. The first-order valence-electron chi connectivity index (χ1n) is 8.71. The second kappa shape index (κ2) is 8.71. The normalized spacial score (nSPS) is 24.9. The summed E-state index contributed by atoms with van der Waals surface area (Å²) in [6, 6.07) is 1.43. The molecule has 2 unspecified atom stereocenters.